The molecule has 0 radical (unpaired) electrons. The van der Waals surface area contributed by atoms with Crippen molar-refractivity contribution in [2.45, 2.75) is 6.04 Å². The van der Waals surface area contributed by atoms with Crippen LogP contribution in [0.1, 0.15) is 17.2 Å². The van der Waals surface area contributed by atoms with Gasteiger partial charge in [-0.1, -0.05) is 6.08 Å². The minimum atomic E-state index is -0.316. The maximum absolute atomic E-state index is 8.55. The molecule has 0 aromatic carbocycles. The number of nitriles is 1. The maximum Gasteiger partial charge on any atom is 0.108 e. The van der Waals surface area contributed by atoms with Gasteiger partial charge in [0.2, 0.25) is 0 Å². The van der Waals surface area contributed by atoms with Gasteiger partial charge in [0, 0.05) is 5.56 Å². The summed E-state index contributed by atoms with van der Waals surface area (Å²) >= 11 is 0. The smallest absolute Gasteiger partial charge is 0.108 e. The normalized spacial score (nSPS) is 12.0. The highest BCUT2D eigenvalue weighted by molar-refractivity contribution is 5.36. The summed E-state index contributed by atoms with van der Waals surface area (Å²) in [7, 11) is 0. The van der Waals surface area contributed by atoms with Crippen molar-refractivity contribution in [1.82, 2.24) is 0 Å². The number of nitrogens with zero attached hydrogens (tertiary/aromatic N) is 1. The van der Waals surface area contributed by atoms with Crippen molar-refractivity contribution < 1.29 is 4.42 Å². The lowest BCUT2D eigenvalue weighted by molar-refractivity contribution is 0.562. The fourth-order valence-electron chi connectivity index (χ4n) is 0.783. The molecule has 1 atom stereocenters. The second kappa shape index (κ2) is 3.04. The minimum absolute atomic E-state index is 0.316. The summed E-state index contributed by atoms with van der Waals surface area (Å²) in [6, 6.07) is 1.65. The number of rotatable bonds is 2. The van der Waals surface area contributed by atoms with E-state index in [0.29, 0.717) is 11.1 Å². The molecule has 0 unspecified atom stereocenters. The summed E-state index contributed by atoms with van der Waals surface area (Å²) in [6.45, 7) is 3.52. The van der Waals surface area contributed by atoms with Crippen LogP contribution in [-0.2, 0) is 0 Å². The number of furan rings is 1. The Bertz CT molecular complexity index is 295. The molecule has 0 aliphatic carbocycles. The average molecular weight is 148 g/mol. The van der Waals surface area contributed by atoms with Gasteiger partial charge in [-0.3, -0.25) is 0 Å². The highest BCUT2D eigenvalue weighted by Gasteiger charge is 2.09. The zero-order valence-corrected chi connectivity index (χ0v) is 5.95. The van der Waals surface area contributed by atoms with Gasteiger partial charge >= 0.3 is 0 Å². The van der Waals surface area contributed by atoms with E-state index in [4.69, 9.17) is 15.4 Å². The molecule has 1 aromatic heterocycles. The van der Waals surface area contributed by atoms with Gasteiger partial charge in [-0.25, -0.2) is 0 Å². The molecule has 3 heteroatoms. The molecule has 0 bridgehead atoms. The van der Waals surface area contributed by atoms with Crippen molar-refractivity contribution in [3.8, 4) is 6.07 Å². The van der Waals surface area contributed by atoms with Crippen LogP contribution in [-0.4, -0.2) is 0 Å². The topological polar surface area (TPSA) is 62.9 Å². The van der Waals surface area contributed by atoms with Crippen molar-refractivity contribution in [3.63, 3.8) is 0 Å². The first-order valence-corrected chi connectivity index (χ1v) is 3.14. The van der Waals surface area contributed by atoms with Gasteiger partial charge in [-0.15, -0.1) is 6.58 Å². The van der Waals surface area contributed by atoms with Crippen LogP contribution in [0.5, 0.6) is 0 Å². The Morgan fingerprint density at radius 3 is 3.00 bits per heavy atom. The molecule has 3 nitrogen and oxygen atoms in total. The molecular formula is C8H8N2O. The van der Waals surface area contributed by atoms with E-state index >= 15 is 0 Å². The third-order valence-corrected chi connectivity index (χ3v) is 1.43. The lowest BCUT2D eigenvalue weighted by Gasteiger charge is -2.00. The standard InChI is InChI=1S/C8H8N2O/c1-2-8(10)7-5-11-4-6(7)3-9/h2,4-5,8H,1,10H2/t8-/m1/s1. The van der Waals surface area contributed by atoms with E-state index in [-0.39, 0.29) is 6.04 Å². The molecule has 0 amide bonds. The fraction of sp³-hybridized carbons (Fsp3) is 0.125. The third-order valence-electron chi connectivity index (χ3n) is 1.43. The minimum Gasteiger partial charge on any atom is -0.471 e. The SMILES string of the molecule is C=C[C@@H](N)c1cocc1C#N. The Morgan fingerprint density at radius 1 is 1.73 bits per heavy atom. The first-order chi connectivity index (χ1) is 5.29. The van der Waals surface area contributed by atoms with Crippen LogP contribution in [0.3, 0.4) is 0 Å². The third kappa shape index (κ3) is 1.31. The van der Waals surface area contributed by atoms with Crippen molar-refractivity contribution in [2.24, 2.45) is 5.73 Å². The summed E-state index contributed by atoms with van der Waals surface area (Å²) in [5, 5.41) is 8.55. The second-order valence-corrected chi connectivity index (χ2v) is 2.11. The van der Waals surface area contributed by atoms with Crippen molar-refractivity contribution in [1.29, 1.82) is 5.26 Å². The summed E-state index contributed by atoms with van der Waals surface area (Å²) < 4.78 is 4.81. The Labute approximate surface area is 64.7 Å². The first-order valence-electron chi connectivity index (χ1n) is 3.14. The predicted molar refractivity (Wildman–Crippen MR) is 40.5 cm³/mol. The summed E-state index contributed by atoms with van der Waals surface area (Å²) in [6.07, 6.45) is 4.40. The Balaban J connectivity index is 3.04. The highest BCUT2D eigenvalue weighted by Crippen LogP contribution is 2.16. The van der Waals surface area contributed by atoms with Crippen LogP contribution in [0.25, 0.3) is 0 Å². The van der Waals surface area contributed by atoms with Crippen LogP contribution in [0, 0.1) is 11.3 Å². The van der Waals surface area contributed by atoms with Gasteiger partial charge in [0.1, 0.15) is 12.3 Å². The van der Waals surface area contributed by atoms with Crippen LogP contribution in [0.4, 0.5) is 0 Å². The lowest BCUT2D eigenvalue weighted by atomic mass is 10.1. The maximum atomic E-state index is 8.55. The molecule has 0 saturated heterocycles. The van der Waals surface area contributed by atoms with E-state index in [1.54, 1.807) is 6.08 Å². The Kier molecular flexibility index (Phi) is 2.09. The van der Waals surface area contributed by atoms with Gasteiger partial charge in [-0.05, 0) is 0 Å². The van der Waals surface area contributed by atoms with E-state index in [1.165, 1.54) is 12.5 Å². The predicted octanol–water partition coefficient (Wildman–Crippen LogP) is 1.34. The number of hydrogen-bond donors (Lipinski definition) is 1. The number of hydrogen-bond acceptors (Lipinski definition) is 3. The van der Waals surface area contributed by atoms with Gasteiger partial charge < -0.3 is 10.2 Å². The van der Waals surface area contributed by atoms with Crippen molar-refractivity contribution in [3.05, 3.63) is 36.3 Å². The largest absolute Gasteiger partial charge is 0.471 e. The summed E-state index contributed by atoms with van der Waals surface area (Å²) in [4.78, 5) is 0. The lowest BCUT2D eigenvalue weighted by Crippen LogP contribution is -2.06. The molecule has 0 spiro atoms. The van der Waals surface area contributed by atoms with Crippen LogP contribution >= 0.6 is 0 Å². The van der Waals surface area contributed by atoms with E-state index in [0.717, 1.165) is 0 Å². The highest BCUT2D eigenvalue weighted by atomic mass is 16.3. The van der Waals surface area contributed by atoms with Crippen LogP contribution < -0.4 is 5.73 Å². The molecule has 0 saturated carbocycles. The zero-order valence-electron chi connectivity index (χ0n) is 5.95. The molecule has 1 aromatic rings. The fourth-order valence-corrected chi connectivity index (χ4v) is 0.783. The molecule has 2 N–H and O–H groups in total. The quantitative estimate of drug-likeness (QED) is 0.643. The van der Waals surface area contributed by atoms with Crippen LogP contribution in [0.2, 0.25) is 0 Å². The van der Waals surface area contributed by atoms with Gasteiger partial charge in [0.05, 0.1) is 17.9 Å². The number of nitrogens with two attached hydrogens (primary N) is 1. The summed E-state index contributed by atoms with van der Waals surface area (Å²) in [5.74, 6) is 0. The second-order valence-electron chi connectivity index (χ2n) is 2.11. The molecule has 0 aliphatic rings. The molecular weight excluding hydrogens is 140 g/mol. The van der Waals surface area contributed by atoms with Gasteiger partial charge in [-0.2, -0.15) is 5.26 Å². The molecule has 11 heavy (non-hydrogen) atoms. The Hall–Kier alpha value is -1.53. The van der Waals surface area contributed by atoms with E-state index in [1.807, 2.05) is 6.07 Å². The molecule has 56 valence electrons. The van der Waals surface area contributed by atoms with Crippen molar-refractivity contribution >= 4 is 0 Å². The van der Waals surface area contributed by atoms with Gasteiger partial charge in [0.15, 0.2) is 0 Å². The molecule has 1 heterocycles. The molecule has 0 aliphatic heterocycles. The monoisotopic (exact) mass is 148 g/mol. The summed E-state index contributed by atoms with van der Waals surface area (Å²) in [5.41, 5.74) is 6.74. The van der Waals surface area contributed by atoms with E-state index in [2.05, 4.69) is 6.58 Å². The Morgan fingerprint density at radius 2 is 2.45 bits per heavy atom. The van der Waals surface area contributed by atoms with Gasteiger partial charge in [0.25, 0.3) is 0 Å². The average Bonchev–Trinajstić information content (AvgIpc) is 2.50. The van der Waals surface area contributed by atoms with E-state index < -0.39 is 0 Å². The van der Waals surface area contributed by atoms with Crippen molar-refractivity contribution in [2.75, 3.05) is 0 Å². The zero-order chi connectivity index (χ0) is 8.27. The van der Waals surface area contributed by atoms with Crippen LogP contribution in [0.15, 0.2) is 29.6 Å². The molecule has 0 fully saturated rings. The first kappa shape index (κ1) is 7.58. The van der Waals surface area contributed by atoms with E-state index in [9.17, 15) is 0 Å². The molecule has 1 rings (SSSR count).